The van der Waals surface area contributed by atoms with E-state index in [1.807, 2.05) is 24.3 Å². The van der Waals surface area contributed by atoms with Gasteiger partial charge in [0, 0.05) is 50.3 Å². The molecule has 3 heterocycles. The zero-order chi connectivity index (χ0) is 20.1. The molecule has 0 saturated carbocycles. The number of morpholine rings is 1. The zero-order valence-corrected chi connectivity index (χ0v) is 17.3. The standard InChI is InChI=1S/C20H26ClN5O3/c1-22-20(26-10-12-28-17(13-26)16-3-2-11-27-16)23-9-8-18-24-19(25-29-18)14-4-6-15(21)7-5-14/h4-7,16-17H,2-3,8-13H2,1H3,(H,22,23). The largest absolute Gasteiger partial charge is 0.375 e. The Balaban J connectivity index is 1.28. The maximum atomic E-state index is 5.92. The van der Waals surface area contributed by atoms with E-state index in [9.17, 15) is 0 Å². The lowest BCUT2D eigenvalue weighted by Crippen LogP contribution is -2.53. The predicted octanol–water partition coefficient (Wildman–Crippen LogP) is 2.39. The molecule has 29 heavy (non-hydrogen) atoms. The van der Waals surface area contributed by atoms with Gasteiger partial charge in [0.1, 0.15) is 6.10 Å². The fraction of sp³-hybridized carbons (Fsp3) is 0.550. The third-order valence-corrected chi connectivity index (χ3v) is 5.43. The first kappa shape index (κ1) is 20.1. The van der Waals surface area contributed by atoms with Crippen LogP contribution in [0.4, 0.5) is 0 Å². The van der Waals surface area contributed by atoms with Crippen molar-refractivity contribution in [1.82, 2.24) is 20.4 Å². The Hall–Kier alpha value is -2.16. The van der Waals surface area contributed by atoms with Gasteiger partial charge in [-0.3, -0.25) is 4.99 Å². The molecule has 2 aliphatic rings. The van der Waals surface area contributed by atoms with E-state index in [0.717, 1.165) is 44.1 Å². The van der Waals surface area contributed by atoms with Crippen molar-refractivity contribution in [1.29, 1.82) is 0 Å². The number of hydrogen-bond donors (Lipinski definition) is 1. The van der Waals surface area contributed by atoms with Crippen LogP contribution in [-0.4, -0.2) is 73.1 Å². The lowest BCUT2D eigenvalue weighted by atomic mass is 10.1. The van der Waals surface area contributed by atoms with E-state index in [-0.39, 0.29) is 12.2 Å². The van der Waals surface area contributed by atoms with E-state index in [1.54, 1.807) is 7.05 Å². The van der Waals surface area contributed by atoms with Crippen LogP contribution in [0.2, 0.25) is 5.02 Å². The first-order chi connectivity index (χ1) is 14.2. The fourth-order valence-electron chi connectivity index (χ4n) is 3.67. The molecule has 2 saturated heterocycles. The van der Waals surface area contributed by atoms with Crippen LogP contribution in [0.3, 0.4) is 0 Å². The van der Waals surface area contributed by atoms with Gasteiger partial charge in [0.05, 0.1) is 12.7 Å². The molecule has 8 nitrogen and oxygen atoms in total. The third kappa shape index (κ3) is 5.07. The number of hydrogen-bond acceptors (Lipinski definition) is 6. The van der Waals surface area contributed by atoms with Crippen LogP contribution in [0.25, 0.3) is 11.4 Å². The van der Waals surface area contributed by atoms with Crippen LogP contribution >= 0.6 is 11.6 Å². The zero-order valence-electron chi connectivity index (χ0n) is 16.5. The number of ether oxygens (including phenoxy) is 2. The Bertz CT molecular complexity index is 820. The highest BCUT2D eigenvalue weighted by molar-refractivity contribution is 6.30. The van der Waals surface area contributed by atoms with Gasteiger partial charge in [-0.1, -0.05) is 16.8 Å². The summed E-state index contributed by atoms with van der Waals surface area (Å²) in [5, 5.41) is 8.12. The molecule has 1 N–H and O–H groups in total. The van der Waals surface area contributed by atoms with Crippen molar-refractivity contribution in [2.75, 3.05) is 39.9 Å². The highest BCUT2D eigenvalue weighted by Gasteiger charge is 2.32. The monoisotopic (exact) mass is 419 g/mol. The number of aliphatic imine (C=N–C) groups is 1. The van der Waals surface area contributed by atoms with Gasteiger partial charge in [-0.2, -0.15) is 4.98 Å². The smallest absolute Gasteiger partial charge is 0.228 e. The minimum absolute atomic E-state index is 0.0997. The molecule has 0 bridgehead atoms. The second kappa shape index (κ2) is 9.56. The van der Waals surface area contributed by atoms with Crippen molar-refractivity contribution in [3.8, 4) is 11.4 Å². The maximum absolute atomic E-state index is 5.92. The van der Waals surface area contributed by atoms with E-state index in [0.29, 0.717) is 36.3 Å². The maximum Gasteiger partial charge on any atom is 0.228 e. The number of nitrogens with one attached hydrogen (secondary N) is 1. The normalized spacial score (nSPS) is 22.8. The predicted molar refractivity (Wildman–Crippen MR) is 110 cm³/mol. The molecule has 2 atom stereocenters. The molecule has 4 rings (SSSR count). The number of nitrogens with zero attached hydrogens (tertiary/aromatic N) is 4. The van der Waals surface area contributed by atoms with Gasteiger partial charge in [0.25, 0.3) is 0 Å². The van der Waals surface area contributed by atoms with Gasteiger partial charge in [0.2, 0.25) is 11.7 Å². The van der Waals surface area contributed by atoms with Crippen LogP contribution < -0.4 is 5.32 Å². The molecule has 0 radical (unpaired) electrons. The summed E-state index contributed by atoms with van der Waals surface area (Å²) in [4.78, 5) is 11.1. The molecule has 2 fully saturated rings. The van der Waals surface area contributed by atoms with Crippen molar-refractivity contribution in [3.05, 3.63) is 35.2 Å². The van der Waals surface area contributed by atoms with Gasteiger partial charge in [-0.15, -0.1) is 0 Å². The highest BCUT2D eigenvalue weighted by atomic mass is 35.5. The van der Waals surface area contributed by atoms with Crippen LogP contribution in [0.15, 0.2) is 33.8 Å². The molecule has 9 heteroatoms. The number of benzene rings is 1. The molecular formula is C20H26ClN5O3. The molecule has 156 valence electrons. The topological polar surface area (TPSA) is 85.0 Å². The lowest BCUT2D eigenvalue weighted by molar-refractivity contribution is -0.0816. The van der Waals surface area contributed by atoms with Gasteiger partial charge >= 0.3 is 0 Å². The number of halogens is 1. The van der Waals surface area contributed by atoms with Crippen LogP contribution in [0.5, 0.6) is 0 Å². The summed E-state index contributed by atoms with van der Waals surface area (Å²) in [6.45, 7) is 3.76. The number of guanidine groups is 1. The summed E-state index contributed by atoms with van der Waals surface area (Å²) in [5.74, 6) is 2.00. The van der Waals surface area contributed by atoms with Crippen molar-refractivity contribution in [2.45, 2.75) is 31.5 Å². The minimum atomic E-state index is 0.0997. The van der Waals surface area contributed by atoms with E-state index in [4.69, 9.17) is 25.6 Å². The second-order valence-corrected chi connectivity index (χ2v) is 7.59. The quantitative estimate of drug-likeness (QED) is 0.588. The first-order valence-corrected chi connectivity index (χ1v) is 10.4. The average molecular weight is 420 g/mol. The molecular weight excluding hydrogens is 394 g/mol. The summed E-state index contributed by atoms with van der Waals surface area (Å²) in [7, 11) is 1.80. The van der Waals surface area contributed by atoms with Crippen LogP contribution in [0, 0.1) is 0 Å². The fourth-order valence-corrected chi connectivity index (χ4v) is 3.80. The van der Waals surface area contributed by atoms with Crippen molar-refractivity contribution >= 4 is 17.6 Å². The third-order valence-electron chi connectivity index (χ3n) is 5.18. The van der Waals surface area contributed by atoms with Gasteiger partial charge in [-0.05, 0) is 37.1 Å². The summed E-state index contributed by atoms with van der Waals surface area (Å²) >= 11 is 5.92. The minimum Gasteiger partial charge on any atom is -0.375 e. The average Bonchev–Trinajstić information content (AvgIpc) is 3.44. The van der Waals surface area contributed by atoms with Crippen molar-refractivity contribution in [3.63, 3.8) is 0 Å². The second-order valence-electron chi connectivity index (χ2n) is 7.15. The van der Waals surface area contributed by atoms with Crippen LogP contribution in [0.1, 0.15) is 18.7 Å². The Morgan fingerprint density at radius 3 is 2.83 bits per heavy atom. The Morgan fingerprint density at radius 2 is 2.07 bits per heavy atom. The van der Waals surface area contributed by atoms with Gasteiger partial charge < -0.3 is 24.2 Å². The molecule has 0 spiro atoms. The SMILES string of the molecule is CN=C(NCCc1nc(-c2ccc(Cl)cc2)no1)N1CCOC(C2CCCO2)C1. The van der Waals surface area contributed by atoms with Gasteiger partial charge in [0.15, 0.2) is 5.96 Å². The van der Waals surface area contributed by atoms with E-state index in [2.05, 4.69) is 25.3 Å². The van der Waals surface area contributed by atoms with E-state index >= 15 is 0 Å². The first-order valence-electron chi connectivity index (χ1n) is 10.0. The Morgan fingerprint density at radius 1 is 1.24 bits per heavy atom. The number of rotatable bonds is 5. The highest BCUT2D eigenvalue weighted by Crippen LogP contribution is 2.21. The molecule has 0 amide bonds. The van der Waals surface area contributed by atoms with E-state index in [1.165, 1.54) is 0 Å². The summed E-state index contributed by atoms with van der Waals surface area (Å²) in [5.41, 5.74) is 0.877. The number of aromatic nitrogens is 2. The molecule has 1 aromatic carbocycles. The lowest BCUT2D eigenvalue weighted by Gasteiger charge is -2.37. The van der Waals surface area contributed by atoms with E-state index < -0.39 is 0 Å². The summed E-state index contributed by atoms with van der Waals surface area (Å²) in [6, 6.07) is 7.37. The molecule has 2 unspecified atom stereocenters. The summed E-state index contributed by atoms with van der Waals surface area (Å²) in [6.07, 6.45) is 3.08. The Labute approximate surface area is 175 Å². The van der Waals surface area contributed by atoms with Crippen molar-refractivity contribution in [2.24, 2.45) is 4.99 Å². The summed E-state index contributed by atoms with van der Waals surface area (Å²) < 4.78 is 17.1. The van der Waals surface area contributed by atoms with Crippen molar-refractivity contribution < 1.29 is 14.0 Å². The molecule has 0 aliphatic carbocycles. The van der Waals surface area contributed by atoms with Gasteiger partial charge in [-0.25, -0.2) is 0 Å². The Kier molecular flexibility index (Phi) is 6.63. The molecule has 2 aromatic rings. The van der Waals surface area contributed by atoms with Crippen LogP contribution in [-0.2, 0) is 15.9 Å². The molecule has 1 aromatic heterocycles. The molecule has 2 aliphatic heterocycles.